The first-order valence-electron chi connectivity index (χ1n) is 9.82. The Morgan fingerprint density at radius 3 is 2.45 bits per heavy atom. The monoisotopic (exact) mass is 395 g/mol. The summed E-state index contributed by atoms with van der Waals surface area (Å²) in [6, 6.07) is 13.7. The van der Waals surface area contributed by atoms with Crippen LogP contribution >= 0.6 is 0 Å². The summed E-state index contributed by atoms with van der Waals surface area (Å²) in [5.41, 5.74) is 3.04. The van der Waals surface area contributed by atoms with E-state index in [9.17, 15) is 14.4 Å². The third-order valence-electron chi connectivity index (χ3n) is 4.86. The third kappa shape index (κ3) is 5.91. The molecule has 0 radical (unpaired) electrons. The largest absolute Gasteiger partial charge is 0.484 e. The number of hydrogen-bond acceptors (Lipinski definition) is 5. The summed E-state index contributed by atoms with van der Waals surface area (Å²) in [5.74, 6) is -0.796. The quantitative estimate of drug-likeness (QED) is 0.549. The Morgan fingerprint density at radius 1 is 0.966 bits per heavy atom. The number of rotatable bonds is 8. The van der Waals surface area contributed by atoms with Crippen molar-refractivity contribution in [3.8, 4) is 5.75 Å². The molecule has 0 spiro atoms. The molecule has 0 saturated heterocycles. The lowest BCUT2D eigenvalue weighted by Crippen LogP contribution is -2.42. The van der Waals surface area contributed by atoms with E-state index in [1.54, 1.807) is 30.3 Å². The Hall–Kier alpha value is -3.15. The van der Waals surface area contributed by atoms with Gasteiger partial charge in [0, 0.05) is 5.56 Å². The van der Waals surface area contributed by atoms with E-state index < -0.39 is 17.9 Å². The maximum atomic E-state index is 12.4. The standard InChI is InChI=1S/C23H25NO5/c1-16(24-22(26)15-28-20-9-3-2-4-10-20)23(27)29-14-21(25)19-12-11-17-7-5-6-8-18(17)13-19/h2-4,9-13,16H,5-8,14-15H2,1H3,(H,24,26)/t16-/m0/s1. The molecule has 29 heavy (non-hydrogen) atoms. The van der Waals surface area contributed by atoms with E-state index in [4.69, 9.17) is 9.47 Å². The molecule has 0 fully saturated rings. The van der Waals surface area contributed by atoms with Crippen LogP contribution in [-0.2, 0) is 27.2 Å². The van der Waals surface area contributed by atoms with Gasteiger partial charge in [-0.2, -0.15) is 0 Å². The lowest BCUT2D eigenvalue weighted by atomic mass is 9.90. The van der Waals surface area contributed by atoms with Crippen LogP contribution in [0.1, 0.15) is 41.3 Å². The summed E-state index contributed by atoms with van der Waals surface area (Å²) in [4.78, 5) is 36.4. The molecule has 1 N–H and O–H groups in total. The van der Waals surface area contributed by atoms with Gasteiger partial charge in [-0.3, -0.25) is 9.59 Å². The molecule has 0 saturated carbocycles. The van der Waals surface area contributed by atoms with Gasteiger partial charge in [0.05, 0.1) is 0 Å². The zero-order valence-corrected chi connectivity index (χ0v) is 16.5. The molecular weight excluding hydrogens is 370 g/mol. The highest BCUT2D eigenvalue weighted by Crippen LogP contribution is 2.22. The number of aryl methyl sites for hydroxylation is 2. The van der Waals surface area contributed by atoms with Gasteiger partial charge in [-0.1, -0.05) is 30.3 Å². The minimum atomic E-state index is -0.877. The van der Waals surface area contributed by atoms with Gasteiger partial charge in [-0.25, -0.2) is 4.79 Å². The summed E-state index contributed by atoms with van der Waals surface area (Å²) in [6.07, 6.45) is 4.33. The predicted octanol–water partition coefficient (Wildman–Crippen LogP) is 2.88. The highest BCUT2D eigenvalue weighted by molar-refractivity contribution is 5.98. The van der Waals surface area contributed by atoms with Crippen LogP contribution in [-0.4, -0.2) is 36.9 Å². The van der Waals surface area contributed by atoms with Gasteiger partial charge < -0.3 is 14.8 Å². The van der Waals surface area contributed by atoms with Gasteiger partial charge in [0.15, 0.2) is 19.0 Å². The summed E-state index contributed by atoms with van der Waals surface area (Å²) in [7, 11) is 0. The van der Waals surface area contributed by atoms with Crippen molar-refractivity contribution in [1.29, 1.82) is 0 Å². The molecular formula is C23H25NO5. The van der Waals surface area contributed by atoms with Gasteiger partial charge in [-0.15, -0.1) is 0 Å². The molecule has 0 aromatic heterocycles. The van der Waals surface area contributed by atoms with Crippen LogP contribution in [0.2, 0.25) is 0 Å². The molecule has 3 rings (SSSR count). The van der Waals surface area contributed by atoms with Crippen LogP contribution in [0.25, 0.3) is 0 Å². The Morgan fingerprint density at radius 2 is 1.69 bits per heavy atom. The van der Waals surface area contributed by atoms with Gasteiger partial charge in [0.2, 0.25) is 0 Å². The molecule has 0 heterocycles. The molecule has 152 valence electrons. The fraction of sp³-hybridized carbons (Fsp3) is 0.348. The summed E-state index contributed by atoms with van der Waals surface area (Å²) in [5, 5.41) is 2.50. The second-order valence-electron chi connectivity index (χ2n) is 7.11. The second kappa shape index (κ2) is 9.87. The minimum Gasteiger partial charge on any atom is -0.484 e. The number of fused-ring (bicyclic) bond motifs is 1. The molecule has 0 unspecified atom stereocenters. The Balaban J connectivity index is 1.43. The molecule has 1 amide bonds. The molecule has 1 atom stereocenters. The average molecular weight is 395 g/mol. The van der Waals surface area contributed by atoms with E-state index >= 15 is 0 Å². The first kappa shape index (κ1) is 20.6. The van der Waals surface area contributed by atoms with Crippen molar-refractivity contribution >= 4 is 17.7 Å². The van der Waals surface area contributed by atoms with Crippen molar-refractivity contribution in [1.82, 2.24) is 5.32 Å². The van der Waals surface area contributed by atoms with Gasteiger partial charge in [0.25, 0.3) is 5.91 Å². The highest BCUT2D eigenvalue weighted by Gasteiger charge is 2.20. The summed E-state index contributed by atoms with van der Waals surface area (Å²) >= 11 is 0. The number of carbonyl (C=O) groups excluding carboxylic acids is 3. The highest BCUT2D eigenvalue weighted by atomic mass is 16.5. The van der Waals surface area contributed by atoms with Crippen molar-refractivity contribution < 1.29 is 23.9 Å². The fourth-order valence-electron chi connectivity index (χ4n) is 3.26. The van der Waals surface area contributed by atoms with Crippen LogP contribution in [0.4, 0.5) is 0 Å². The normalized spacial score (nSPS) is 13.7. The zero-order valence-electron chi connectivity index (χ0n) is 16.5. The number of ketones is 1. The summed E-state index contributed by atoms with van der Waals surface area (Å²) in [6.45, 7) is 0.945. The Bertz CT molecular complexity index is 878. The molecule has 2 aromatic rings. The lowest BCUT2D eigenvalue weighted by molar-refractivity contribution is -0.146. The van der Waals surface area contributed by atoms with Gasteiger partial charge >= 0.3 is 5.97 Å². The van der Waals surface area contributed by atoms with Crippen molar-refractivity contribution in [3.63, 3.8) is 0 Å². The van der Waals surface area contributed by atoms with Crippen LogP contribution in [0, 0.1) is 0 Å². The van der Waals surface area contributed by atoms with E-state index in [2.05, 4.69) is 5.32 Å². The average Bonchev–Trinajstić information content (AvgIpc) is 2.76. The second-order valence-corrected chi connectivity index (χ2v) is 7.11. The Labute approximate surface area is 170 Å². The maximum Gasteiger partial charge on any atom is 0.328 e. The van der Waals surface area contributed by atoms with Crippen LogP contribution in [0.3, 0.4) is 0 Å². The lowest BCUT2D eigenvalue weighted by Gasteiger charge is -2.16. The van der Waals surface area contributed by atoms with Gasteiger partial charge in [0.1, 0.15) is 11.8 Å². The van der Waals surface area contributed by atoms with Crippen LogP contribution in [0.5, 0.6) is 5.75 Å². The van der Waals surface area contributed by atoms with Crippen molar-refractivity contribution in [2.24, 2.45) is 0 Å². The van der Waals surface area contributed by atoms with Crippen molar-refractivity contribution in [2.45, 2.75) is 38.6 Å². The van der Waals surface area contributed by atoms with E-state index in [-0.39, 0.29) is 19.0 Å². The number of carbonyl (C=O) groups is 3. The van der Waals surface area contributed by atoms with E-state index in [1.165, 1.54) is 24.5 Å². The van der Waals surface area contributed by atoms with Crippen LogP contribution in [0.15, 0.2) is 48.5 Å². The molecule has 0 aliphatic heterocycles. The SMILES string of the molecule is C[C@H](NC(=O)COc1ccccc1)C(=O)OCC(=O)c1ccc2c(c1)CCCC2. The first-order chi connectivity index (χ1) is 14.0. The first-order valence-corrected chi connectivity index (χ1v) is 9.82. The molecule has 6 heteroatoms. The van der Waals surface area contributed by atoms with Crippen LogP contribution < -0.4 is 10.1 Å². The number of nitrogens with one attached hydrogen (secondary N) is 1. The molecule has 6 nitrogen and oxygen atoms in total. The van der Waals surface area contributed by atoms with Crippen molar-refractivity contribution in [3.05, 3.63) is 65.2 Å². The van der Waals surface area contributed by atoms with E-state index in [1.807, 2.05) is 18.2 Å². The van der Waals surface area contributed by atoms with Gasteiger partial charge in [-0.05, 0) is 61.9 Å². The van der Waals surface area contributed by atoms with Crippen molar-refractivity contribution in [2.75, 3.05) is 13.2 Å². The number of ether oxygens (including phenoxy) is 2. The summed E-state index contributed by atoms with van der Waals surface area (Å²) < 4.78 is 10.4. The maximum absolute atomic E-state index is 12.4. The number of esters is 1. The topological polar surface area (TPSA) is 81.7 Å². The molecule has 1 aliphatic carbocycles. The molecule has 0 bridgehead atoms. The van der Waals surface area contributed by atoms with E-state index in [0.717, 1.165) is 19.3 Å². The number of para-hydroxylation sites is 1. The number of Topliss-reactive ketones (excluding diaryl/α,β-unsaturated/α-hetero) is 1. The third-order valence-corrected chi connectivity index (χ3v) is 4.86. The zero-order chi connectivity index (χ0) is 20.6. The Kier molecular flexibility index (Phi) is 7.00. The number of amides is 1. The number of hydrogen-bond donors (Lipinski definition) is 1. The molecule has 2 aromatic carbocycles. The minimum absolute atomic E-state index is 0.213. The number of benzene rings is 2. The predicted molar refractivity (Wildman–Crippen MR) is 108 cm³/mol. The molecule has 1 aliphatic rings. The fourth-order valence-corrected chi connectivity index (χ4v) is 3.26. The smallest absolute Gasteiger partial charge is 0.328 e. The van der Waals surface area contributed by atoms with E-state index in [0.29, 0.717) is 11.3 Å².